The SMILES string of the molecule is C=CC1=C(C=C)C(=O)N(C2CC(OC)(C(=O)O)C2)C1=O. The van der Waals surface area contributed by atoms with E-state index in [1.165, 1.54) is 19.3 Å². The lowest BCUT2D eigenvalue weighted by molar-refractivity contribution is -0.185. The van der Waals surface area contributed by atoms with Crippen molar-refractivity contribution in [2.45, 2.75) is 24.5 Å². The molecule has 0 saturated heterocycles. The molecule has 0 aromatic heterocycles. The number of rotatable bonds is 5. The predicted octanol–water partition coefficient (Wildman–Crippen LogP) is 0.656. The summed E-state index contributed by atoms with van der Waals surface area (Å²) in [7, 11) is 1.31. The number of aliphatic carboxylic acids is 1. The smallest absolute Gasteiger partial charge is 0.336 e. The Labute approximate surface area is 116 Å². The first kappa shape index (κ1) is 14.2. The summed E-state index contributed by atoms with van der Waals surface area (Å²) in [4.78, 5) is 36.5. The molecule has 2 rings (SSSR count). The predicted molar refractivity (Wildman–Crippen MR) is 69.7 cm³/mol. The molecule has 0 radical (unpaired) electrons. The molecular weight excluding hydrogens is 262 g/mol. The Morgan fingerprint density at radius 3 is 2.05 bits per heavy atom. The highest BCUT2D eigenvalue weighted by Gasteiger charge is 2.56. The zero-order valence-electron chi connectivity index (χ0n) is 11.1. The van der Waals surface area contributed by atoms with Gasteiger partial charge < -0.3 is 9.84 Å². The molecule has 1 fully saturated rings. The third-order valence-electron chi connectivity index (χ3n) is 3.87. The van der Waals surface area contributed by atoms with Gasteiger partial charge in [-0.05, 0) is 0 Å². The molecule has 20 heavy (non-hydrogen) atoms. The van der Waals surface area contributed by atoms with E-state index in [9.17, 15) is 14.4 Å². The molecule has 1 N–H and O–H groups in total. The molecule has 2 aliphatic rings. The lowest BCUT2D eigenvalue weighted by atomic mass is 9.74. The van der Waals surface area contributed by atoms with Crippen molar-refractivity contribution < 1.29 is 24.2 Å². The molecule has 0 aromatic carbocycles. The zero-order chi connectivity index (χ0) is 15.1. The van der Waals surface area contributed by atoms with E-state index in [-0.39, 0.29) is 24.0 Å². The summed E-state index contributed by atoms with van der Waals surface area (Å²) < 4.78 is 5.00. The van der Waals surface area contributed by atoms with E-state index in [0.29, 0.717) is 0 Å². The fraction of sp³-hybridized carbons (Fsp3) is 0.357. The maximum atomic E-state index is 12.2. The highest BCUT2D eigenvalue weighted by molar-refractivity contribution is 6.22. The van der Waals surface area contributed by atoms with Crippen molar-refractivity contribution in [3.63, 3.8) is 0 Å². The lowest BCUT2D eigenvalue weighted by Crippen LogP contribution is -2.61. The highest BCUT2D eigenvalue weighted by Crippen LogP contribution is 2.41. The second kappa shape index (κ2) is 4.72. The zero-order valence-corrected chi connectivity index (χ0v) is 11.1. The molecule has 1 aliphatic carbocycles. The highest BCUT2D eigenvalue weighted by atomic mass is 16.5. The Balaban J connectivity index is 2.21. The monoisotopic (exact) mass is 277 g/mol. The molecule has 106 valence electrons. The van der Waals surface area contributed by atoms with Gasteiger partial charge >= 0.3 is 5.97 Å². The van der Waals surface area contributed by atoms with Gasteiger partial charge in [-0.25, -0.2) is 4.79 Å². The van der Waals surface area contributed by atoms with Crippen LogP contribution in [0.4, 0.5) is 0 Å². The number of amides is 2. The Bertz CT molecular complexity index is 524. The van der Waals surface area contributed by atoms with E-state index in [0.717, 1.165) is 4.90 Å². The van der Waals surface area contributed by atoms with Crippen molar-refractivity contribution in [1.29, 1.82) is 0 Å². The van der Waals surface area contributed by atoms with Crippen LogP contribution >= 0.6 is 0 Å². The molecule has 0 bridgehead atoms. The lowest BCUT2D eigenvalue weighted by Gasteiger charge is -2.46. The van der Waals surface area contributed by atoms with E-state index in [4.69, 9.17) is 9.84 Å². The first-order valence-corrected chi connectivity index (χ1v) is 6.07. The summed E-state index contributed by atoms with van der Waals surface area (Å²) in [5, 5.41) is 9.12. The third-order valence-corrected chi connectivity index (χ3v) is 3.87. The summed E-state index contributed by atoms with van der Waals surface area (Å²) in [6.45, 7) is 7.02. The molecule has 1 saturated carbocycles. The van der Waals surface area contributed by atoms with Gasteiger partial charge in [-0.2, -0.15) is 0 Å². The number of carboxylic acids is 1. The first-order valence-electron chi connectivity index (χ1n) is 6.07. The summed E-state index contributed by atoms with van der Waals surface area (Å²) in [6, 6.07) is -0.474. The van der Waals surface area contributed by atoms with Gasteiger partial charge in [0.2, 0.25) is 0 Å². The van der Waals surface area contributed by atoms with Gasteiger partial charge in [-0.3, -0.25) is 14.5 Å². The molecule has 0 atom stereocenters. The van der Waals surface area contributed by atoms with Crippen molar-refractivity contribution in [2.24, 2.45) is 0 Å². The van der Waals surface area contributed by atoms with Crippen LogP contribution < -0.4 is 0 Å². The molecule has 0 unspecified atom stereocenters. The van der Waals surface area contributed by atoms with Crippen molar-refractivity contribution >= 4 is 17.8 Å². The van der Waals surface area contributed by atoms with Crippen LogP contribution in [0.2, 0.25) is 0 Å². The van der Waals surface area contributed by atoms with Gasteiger partial charge in [-0.15, -0.1) is 0 Å². The van der Waals surface area contributed by atoms with Crippen LogP contribution in [0.15, 0.2) is 36.5 Å². The average Bonchev–Trinajstić information content (AvgIpc) is 2.60. The molecule has 2 amide bonds. The van der Waals surface area contributed by atoms with Crippen LogP contribution in [0.5, 0.6) is 0 Å². The largest absolute Gasteiger partial charge is 0.479 e. The third kappa shape index (κ3) is 1.72. The standard InChI is InChI=1S/C14H15NO5/c1-4-9-10(5-2)12(17)15(11(9)16)8-6-14(7-8,20-3)13(18)19/h4-5,8H,1-2,6-7H2,3H3,(H,18,19). The number of nitrogens with zero attached hydrogens (tertiary/aromatic N) is 1. The number of carbonyl (C=O) groups is 3. The normalized spacial score (nSPS) is 29.4. The van der Waals surface area contributed by atoms with Crippen LogP contribution in [-0.2, 0) is 19.1 Å². The quantitative estimate of drug-likeness (QED) is 0.746. The molecule has 1 aliphatic heterocycles. The fourth-order valence-electron chi connectivity index (χ4n) is 2.62. The molecular formula is C14H15NO5. The Morgan fingerprint density at radius 2 is 1.75 bits per heavy atom. The van der Waals surface area contributed by atoms with Crippen LogP contribution in [0.1, 0.15) is 12.8 Å². The molecule has 6 nitrogen and oxygen atoms in total. The number of hydrogen-bond donors (Lipinski definition) is 1. The van der Waals surface area contributed by atoms with E-state index < -0.39 is 29.4 Å². The van der Waals surface area contributed by atoms with E-state index >= 15 is 0 Å². The summed E-state index contributed by atoms with van der Waals surface area (Å²) in [5.74, 6) is -2.00. The summed E-state index contributed by atoms with van der Waals surface area (Å²) >= 11 is 0. The minimum Gasteiger partial charge on any atom is -0.479 e. The fourth-order valence-corrected chi connectivity index (χ4v) is 2.62. The molecule has 6 heteroatoms. The Morgan fingerprint density at radius 1 is 1.30 bits per heavy atom. The van der Waals surface area contributed by atoms with Crippen LogP contribution in [0, 0.1) is 0 Å². The van der Waals surface area contributed by atoms with E-state index in [1.54, 1.807) is 0 Å². The second-order valence-corrected chi connectivity index (χ2v) is 4.78. The van der Waals surface area contributed by atoms with E-state index in [1.807, 2.05) is 0 Å². The van der Waals surface area contributed by atoms with Crippen molar-refractivity contribution in [3.05, 3.63) is 36.5 Å². The van der Waals surface area contributed by atoms with Crippen molar-refractivity contribution in [1.82, 2.24) is 4.90 Å². The topological polar surface area (TPSA) is 83.9 Å². The van der Waals surface area contributed by atoms with E-state index in [2.05, 4.69) is 13.2 Å². The van der Waals surface area contributed by atoms with Gasteiger partial charge in [0.15, 0.2) is 5.60 Å². The van der Waals surface area contributed by atoms with Gasteiger partial charge in [0.1, 0.15) is 0 Å². The van der Waals surface area contributed by atoms with Gasteiger partial charge in [0.25, 0.3) is 11.8 Å². The molecule has 1 heterocycles. The maximum absolute atomic E-state index is 12.2. The number of ether oxygens (including phenoxy) is 1. The minimum absolute atomic E-state index is 0.0885. The minimum atomic E-state index is -1.31. The number of carbonyl (C=O) groups excluding carboxylic acids is 2. The first-order chi connectivity index (χ1) is 9.41. The second-order valence-electron chi connectivity index (χ2n) is 4.78. The van der Waals surface area contributed by atoms with Crippen molar-refractivity contribution in [3.8, 4) is 0 Å². The number of methoxy groups -OCH3 is 1. The van der Waals surface area contributed by atoms with Gasteiger partial charge in [0, 0.05) is 26.0 Å². The molecule has 0 spiro atoms. The number of imide groups is 1. The Hall–Kier alpha value is -2.21. The Kier molecular flexibility index (Phi) is 3.35. The summed E-state index contributed by atoms with van der Waals surface area (Å²) in [6.07, 6.45) is 2.81. The van der Waals surface area contributed by atoms with Gasteiger partial charge in [-0.1, -0.05) is 25.3 Å². The maximum Gasteiger partial charge on any atom is 0.336 e. The van der Waals surface area contributed by atoms with Crippen LogP contribution in [0.25, 0.3) is 0 Å². The van der Waals surface area contributed by atoms with Gasteiger partial charge in [0.05, 0.1) is 11.1 Å². The molecule has 0 aromatic rings. The van der Waals surface area contributed by atoms with Crippen LogP contribution in [0.3, 0.4) is 0 Å². The summed E-state index contributed by atoms with van der Waals surface area (Å²) in [5.41, 5.74) is -0.901. The van der Waals surface area contributed by atoms with Crippen LogP contribution in [-0.4, -0.2) is 46.5 Å². The number of hydrogen-bond acceptors (Lipinski definition) is 4. The average molecular weight is 277 g/mol. The number of carboxylic acid groups (broad SMARTS) is 1. The van der Waals surface area contributed by atoms with Crippen molar-refractivity contribution in [2.75, 3.05) is 7.11 Å².